The van der Waals surface area contributed by atoms with Crippen LogP contribution in [0.15, 0.2) is 6.07 Å². The molecule has 210 valence electrons. The molecule has 0 saturated carbocycles. The predicted molar refractivity (Wildman–Crippen MR) is 136 cm³/mol. The number of hydrogen-bond donors (Lipinski definition) is 6. The maximum Gasteiger partial charge on any atom is 0.205 e. The maximum absolute atomic E-state index is 14.4. The Bertz CT molecular complexity index is 1350. The average molecular weight is 549 g/mol. The first kappa shape index (κ1) is 27.3. The van der Waals surface area contributed by atoms with Crippen molar-refractivity contribution in [1.82, 2.24) is 0 Å². The molecule has 1 aliphatic carbocycles. The minimum Gasteiger partial charge on any atom is -0.504 e. The first-order chi connectivity index (χ1) is 18.5. The molecule has 3 aliphatic rings. The monoisotopic (exact) mass is 548 g/mol. The summed E-state index contributed by atoms with van der Waals surface area (Å²) in [6.45, 7) is 5.33. The second-order valence-electron chi connectivity index (χ2n) is 10.9. The van der Waals surface area contributed by atoms with E-state index >= 15 is 0 Å². The van der Waals surface area contributed by atoms with E-state index in [2.05, 4.69) is 10.6 Å². The standard InChI is InChI=1S/C27H32F2N4O6/c1-15-14-16(30-6-12-32(38)8-2-3-9-32)17-18(23(15)31-7-13-33(39)10-4-5-11-33)25(35)20-19(24(17)34)26(36)21(28)22(29)27(20)37/h14,38-39H,2-13H2,1H3,(H2-2,30,31,34,35,36,37)/p+2. The highest BCUT2D eigenvalue weighted by molar-refractivity contribution is 6.33. The van der Waals surface area contributed by atoms with Crippen LogP contribution in [0.2, 0.25) is 0 Å². The summed E-state index contributed by atoms with van der Waals surface area (Å²) >= 11 is 0. The Morgan fingerprint density at radius 1 is 0.744 bits per heavy atom. The SMILES string of the molecule is Cc1cc(NCC[N+]2(O)CCCC2)c2c(c1NCC[N+]1(O)CCCC1)C(=O)c1c(O)c(F)c(F)c(O)c1C2=O. The molecule has 2 aliphatic heterocycles. The molecule has 39 heavy (non-hydrogen) atoms. The van der Waals surface area contributed by atoms with Crippen molar-refractivity contribution in [2.75, 3.05) is 63.0 Å². The van der Waals surface area contributed by atoms with Gasteiger partial charge in [0.25, 0.3) is 0 Å². The molecular formula is C27H34F2N4O6+2. The fourth-order valence-electron chi connectivity index (χ4n) is 6.09. The average Bonchev–Trinajstić information content (AvgIpc) is 3.53. The molecule has 2 heterocycles. The summed E-state index contributed by atoms with van der Waals surface area (Å²) in [6, 6.07) is 1.64. The van der Waals surface area contributed by atoms with E-state index in [1.807, 2.05) is 0 Å². The maximum atomic E-state index is 14.4. The number of benzene rings is 2. The van der Waals surface area contributed by atoms with Crippen LogP contribution < -0.4 is 10.6 Å². The fraction of sp³-hybridized carbons (Fsp3) is 0.481. The smallest absolute Gasteiger partial charge is 0.205 e. The highest BCUT2D eigenvalue weighted by Crippen LogP contribution is 2.45. The summed E-state index contributed by atoms with van der Waals surface area (Å²) < 4.78 is 28.4. The van der Waals surface area contributed by atoms with Crippen LogP contribution in [0.3, 0.4) is 0 Å². The predicted octanol–water partition coefficient (Wildman–Crippen LogP) is 3.28. The summed E-state index contributed by atoms with van der Waals surface area (Å²) in [5, 5.41) is 48.3. The van der Waals surface area contributed by atoms with Crippen LogP contribution in [0.5, 0.6) is 11.5 Å². The van der Waals surface area contributed by atoms with Crippen LogP contribution in [0, 0.1) is 18.6 Å². The van der Waals surface area contributed by atoms with Crippen molar-refractivity contribution in [3.8, 4) is 11.5 Å². The van der Waals surface area contributed by atoms with Crippen LogP contribution in [0.25, 0.3) is 0 Å². The number of carbonyl (C=O) groups excluding carboxylic acids is 2. The molecule has 0 bridgehead atoms. The van der Waals surface area contributed by atoms with E-state index in [1.165, 1.54) is 0 Å². The highest BCUT2D eigenvalue weighted by Gasteiger charge is 2.42. The van der Waals surface area contributed by atoms with Crippen molar-refractivity contribution < 1.29 is 48.3 Å². The number of carbonyl (C=O) groups is 2. The molecule has 0 unspecified atom stereocenters. The van der Waals surface area contributed by atoms with Crippen LogP contribution in [-0.2, 0) is 0 Å². The van der Waals surface area contributed by atoms with Crippen molar-refractivity contribution in [2.24, 2.45) is 0 Å². The molecule has 0 amide bonds. The number of aryl methyl sites for hydroxylation is 1. The minimum atomic E-state index is -1.82. The molecule has 2 saturated heterocycles. The molecule has 12 heteroatoms. The Kier molecular flexibility index (Phi) is 7.00. The molecule has 5 rings (SSSR count). The summed E-state index contributed by atoms with van der Waals surface area (Å²) in [4.78, 5) is 27.5. The van der Waals surface area contributed by atoms with Crippen molar-refractivity contribution in [1.29, 1.82) is 0 Å². The van der Waals surface area contributed by atoms with Crippen molar-refractivity contribution in [3.63, 3.8) is 0 Å². The topological polar surface area (TPSA) is 139 Å². The lowest BCUT2D eigenvalue weighted by Crippen LogP contribution is -2.45. The van der Waals surface area contributed by atoms with Crippen LogP contribution in [0.4, 0.5) is 20.2 Å². The third-order valence-corrected chi connectivity index (χ3v) is 8.24. The van der Waals surface area contributed by atoms with E-state index in [1.54, 1.807) is 13.0 Å². The van der Waals surface area contributed by atoms with Gasteiger partial charge in [-0.05, 0) is 18.6 Å². The lowest BCUT2D eigenvalue weighted by molar-refractivity contribution is -1.09. The zero-order valence-electron chi connectivity index (χ0n) is 21.8. The second-order valence-corrected chi connectivity index (χ2v) is 10.9. The molecule has 2 aromatic carbocycles. The van der Waals surface area contributed by atoms with Gasteiger partial charge in [0.05, 0.1) is 35.3 Å². The number of hydrogen-bond acceptors (Lipinski definition) is 8. The van der Waals surface area contributed by atoms with Gasteiger partial charge in [0, 0.05) is 37.1 Å². The Morgan fingerprint density at radius 3 is 1.67 bits per heavy atom. The number of nitrogens with one attached hydrogen (secondary N) is 2. The van der Waals surface area contributed by atoms with Gasteiger partial charge in [-0.2, -0.15) is 18.1 Å². The minimum absolute atomic E-state index is 0.121. The van der Waals surface area contributed by atoms with Gasteiger partial charge in [0.2, 0.25) is 23.2 Å². The van der Waals surface area contributed by atoms with Crippen LogP contribution in [0.1, 0.15) is 63.1 Å². The normalized spacial score (nSPS) is 19.2. The summed E-state index contributed by atoms with van der Waals surface area (Å²) in [5.41, 5.74) is -0.838. The molecule has 0 radical (unpaired) electrons. The van der Waals surface area contributed by atoms with Gasteiger partial charge in [-0.1, -0.05) is 0 Å². The number of quaternary nitrogens is 2. The summed E-state index contributed by atoms with van der Waals surface area (Å²) in [6.07, 6.45) is 3.59. The Balaban J connectivity index is 1.56. The van der Waals surface area contributed by atoms with Crippen molar-refractivity contribution in [2.45, 2.75) is 32.6 Å². The first-order valence-electron chi connectivity index (χ1n) is 13.3. The Morgan fingerprint density at radius 2 is 1.18 bits per heavy atom. The van der Waals surface area contributed by atoms with E-state index in [4.69, 9.17) is 0 Å². The van der Waals surface area contributed by atoms with Gasteiger partial charge < -0.3 is 20.8 Å². The number of ketones is 2. The van der Waals surface area contributed by atoms with Crippen LogP contribution in [-0.4, -0.2) is 93.8 Å². The molecule has 0 atom stereocenters. The largest absolute Gasteiger partial charge is 0.504 e. The molecule has 2 fully saturated rings. The Hall–Kier alpha value is -3.32. The number of likely N-dealkylation sites (tertiary alicyclic amines) is 2. The number of aromatic hydroxyl groups is 2. The van der Waals surface area contributed by atoms with Gasteiger partial charge >= 0.3 is 0 Å². The molecule has 2 aromatic rings. The quantitative estimate of drug-likeness (QED) is 0.186. The lowest BCUT2D eigenvalue weighted by Gasteiger charge is -2.29. The lowest BCUT2D eigenvalue weighted by atomic mass is 9.80. The van der Waals surface area contributed by atoms with Crippen LogP contribution >= 0.6 is 0 Å². The molecular weight excluding hydrogens is 514 g/mol. The third kappa shape index (κ3) is 4.71. The summed E-state index contributed by atoms with van der Waals surface area (Å²) in [7, 11) is 0. The summed E-state index contributed by atoms with van der Waals surface area (Å²) in [5.74, 6) is -8.22. The van der Waals surface area contributed by atoms with Gasteiger partial charge in [0.1, 0.15) is 39.3 Å². The van der Waals surface area contributed by atoms with E-state index < -0.39 is 45.8 Å². The number of phenolic OH excluding ortho intramolecular Hbond substituents is 2. The van der Waals surface area contributed by atoms with Gasteiger partial charge in [-0.15, -0.1) is 0 Å². The number of rotatable bonds is 8. The zero-order chi connectivity index (χ0) is 28.1. The van der Waals surface area contributed by atoms with Gasteiger partial charge in [-0.3, -0.25) is 9.59 Å². The van der Waals surface area contributed by atoms with Crippen molar-refractivity contribution >= 4 is 22.9 Å². The van der Waals surface area contributed by atoms with E-state index in [0.717, 1.165) is 25.7 Å². The van der Waals surface area contributed by atoms with Gasteiger partial charge in [0.15, 0.2) is 11.5 Å². The molecule has 0 aromatic heterocycles. The molecule has 10 nitrogen and oxygen atoms in total. The van der Waals surface area contributed by atoms with E-state index in [-0.39, 0.29) is 44.9 Å². The number of phenols is 2. The Labute approximate surface area is 224 Å². The number of halogens is 2. The number of anilines is 2. The second kappa shape index (κ2) is 10.0. The van der Waals surface area contributed by atoms with Gasteiger partial charge in [-0.25, -0.2) is 10.4 Å². The van der Waals surface area contributed by atoms with E-state index in [0.29, 0.717) is 44.8 Å². The molecule has 6 N–H and O–H groups in total. The highest BCUT2D eigenvalue weighted by atomic mass is 19.2. The number of nitrogens with zero attached hydrogens (tertiary/aromatic N) is 2. The fourth-order valence-corrected chi connectivity index (χ4v) is 6.09. The zero-order valence-corrected chi connectivity index (χ0v) is 21.8. The van der Waals surface area contributed by atoms with Crippen molar-refractivity contribution in [3.05, 3.63) is 45.5 Å². The third-order valence-electron chi connectivity index (χ3n) is 8.24. The number of fused-ring (bicyclic) bond motifs is 2. The molecule has 0 spiro atoms. The first-order valence-corrected chi connectivity index (χ1v) is 13.3. The van der Waals surface area contributed by atoms with E-state index in [9.17, 15) is 39.0 Å². The number of hydroxylamine groups is 6.